The summed E-state index contributed by atoms with van der Waals surface area (Å²) in [6.07, 6.45) is -0.617. The summed E-state index contributed by atoms with van der Waals surface area (Å²) in [7, 11) is 0. The van der Waals surface area contributed by atoms with E-state index in [4.69, 9.17) is 0 Å². The molecule has 0 radical (unpaired) electrons. The number of aliphatic hydroxyl groups excluding tert-OH is 4. The molecule has 0 aromatic rings. The molecule has 8 heteroatoms. The third-order valence-corrected chi connectivity index (χ3v) is 10.8. The van der Waals surface area contributed by atoms with Gasteiger partial charge in [0, 0.05) is 17.8 Å². The molecule has 0 aromatic carbocycles. The van der Waals surface area contributed by atoms with Crippen LogP contribution in [0.15, 0.2) is 11.6 Å². The Hall–Kier alpha value is -0.870. The molecule has 0 aromatic heterocycles. The smallest absolute Gasteiger partial charge is 0.159 e. The Bertz CT molecular complexity index is 892. The van der Waals surface area contributed by atoms with Gasteiger partial charge in [0.2, 0.25) is 0 Å². The molecule has 0 spiro atoms. The summed E-state index contributed by atoms with van der Waals surface area (Å²) >= 11 is 0. The zero-order valence-electron chi connectivity index (χ0n) is 21.6. The zero-order valence-corrected chi connectivity index (χ0v) is 21.6. The molecule has 7 N–H and O–H groups in total. The van der Waals surface area contributed by atoms with Crippen molar-refractivity contribution in [3.63, 3.8) is 0 Å². The first-order valence-corrected chi connectivity index (χ1v) is 13.0. The minimum absolute atomic E-state index is 0.129. The van der Waals surface area contributed by atoms with Crippen LogP contribution in [0.25, 0.3) is 0 Å². The van der Waals surface area contributed by atoms with E-state index in [0.717, 1.165) is 0 Å². The lowest BCUT2D eigenvalue weighted by Gasteiger charge is -2.60. The van der Waals surface area contributed by atoms with Crippen molar-refractivity contribution in [3.05, 3.63) is 11.6 Å². The molecule has 8 nitrogen and oxygen atoms in total. The maximum Gasteiger partial charge on any atom is 0.159 e. The average molecular weight is 497 g/mol. The minimum Gasteiger partial charge on any atom is -0.390 e. The van der Waals surface area contributed by atoms with Gasteiger partial charge in [-0.15, -0.1) is 0 Å². The van der Waals surface area contributed by atoms with Crippen molar-refractivity contribution in [1.82, 2.24) is 0 Å². The monoisotopic (exact) mass is 496 g/mol. The Morgan fingerprint density at radius 1 is 1.00 bits per heavy atom. The molecule has 0 heterocycles. The number of ketones is 1. The summed E-state index contributed by atoms with van der Waals surface area (Å²) in [5.41, 5.74) is -5.18. The molecule has 35 heavy (non-hydrogen) atoms. The van der Waals surface area contributed by atoms with Crippen molar-refractivity contribution in [3.8, 4) is 0 Å². The Labute approximate surface area is 207 Å². The summed E-state index contributed by atoms with van der Waals surface area (Å²) in [4.78, 5) is 13.3. The van der Waals surface area contributed by atoms with Gasteiger partial charge in [-0.05, 0) is 88.2 Å². The Morgan fingerprint density at radius 3 is 2.23 bits per heavy atom. The summed E-state index contributed by atoms with van der Waals surface area (Å²) in [5.74, 6) is -1.18. The van der Waals surface area contributed by atoms with E-state index in [0.29, 0.717) is 31.3 Å². The van der Waals surface area contributed by atoms with Crippen LogP contribution in [-0.4, -0.2) is 82.7 Å². The van der Waals surface area contributed by atoms with Crippen molar-refractivity contribution < 1.29 is 40.5 Å². The van der Waals surface area contributed by atoms with E-state index < -0.39 is 63.9 Å². The first kappa shape index (κ1) is 27.2. The fraction of sp³-hybridized carbons (Fsp3) is 0.889. The summed E-state index contributed by atoms with van der Waals surface area (Å²) < 4.78 is 0. The second-order valence-corrected chi connectivity index (χ2v) is 13.2. The molecule has 4 aliphatic rings. The normalized spacial score (nSPS) is 47.1. The van der Waals surface area contributed by atoms with Gasteiger partial charge in [-0.1, -0.05) is 13.8 Å². The number of aliphatic hydroxyl groups is 7. The van der Waals surface area contributed by atoms with E-state index in [-0.39, 0.29) is 31.0 Å². The van der Waals surface area contributed by atoms with Crippen molar-refractivity contribution >= 4 is 5.78 Å². The number of hydrogen-bond acceptors (Lipinski definition) is 8. The first-order valence-electron chi connectivity index (χ1n) is 13.0. The molecule has 0 unspecified atom stereocenters. The largest absolute Gasteiger partial charge is 0.390 e. The van der Waals surface area contributed by atoms with Crippen molar-refractivity contribution in [2.45, 2.75) is 121 Å². The highest BCUT2D eigenvalue weighted by atomic mass is 16.4. The Morgan fingerprint density at radius 2 is 1.63 bits per heavy atom. The Kier molecular flexibility index (Phi) is 6.46. The molecule has 0 bridgehead atoms. The molecule has 4 rings (SSSR count). The van der Waals surface area contributed by atoms with Gasteiger partial charge < -0.3 is 35.7 Å². The lowest BCUT2D eigenvalue weighted by molar-refractivity contribution is -0.183. The molecule has 3 saturated carbocycles. The second-order valence-electron chi connectivity index (χ2n) is 13.2. The van der Waals surface area contributed by atoms with Crippen LogP contribution in [0.4, 0.5) is 0 Å². The van der Waals surface area contributed by atoms with E-state index in [1.165, 1.54) is 20.8 Å². The van der Waals surface area contributed by atoms with Crippen LogP contribution in [-0.2, 0) is 4.79 Å². The van der Waals surface area contributed by atoms with Gasteiger partial charge >= 0.3 is 0 Å². The highest BCUT2D eigenvalue weighted by Gasteiger charge is 2.69. The van der Waals surface area contributed by atoms with Crippen LogP contribution in [0.2, 0.25) is 0 Å². The van der Waals surface area contributed by atoms with E-state index in [1.54, 1.807) is 6.08 Å². The van der Waals surface area contributed by atoms with E-state index in [9.17, 15) is 40.5 Å². The van der Waals surface area contributed by atoms with Gasteiger partial charge in [0.15, 0.2) is 5.78 Å². The molecule has 11 atom stereocenters. The lowest BCUT2D eigenvalue weighted by Crippen LogP contribution is -2.63. The molecular weight excluding hydrogens is 452 g/mol. The average Bonchev–Trinajstić information content (AvgIpc) is 3.01. The molecule has 0 aliphatic heterocycles. The molecule has 0 amide bonds. The molecule has 4 aliphatic carbocycles. The standard InChI is InChI=1S/C27H44O8/c1-23(2,33)21(31)12-22(32)26(5,34)20-7-9-27(35)15-10-17(28)16-11-18(29)19(30)13-24(16,3)14(15)6-8-25(20,27)4/h10,14,16,18-22,29-35H,6-9,11-13H2,1-5H3/t14-,16-,18+,19-,20-,21+,22+,24+,25+,26+,27+/m0/s1. The fourth-order valence-electron chi connectivity index (χ4n) is 8.28. The fourth-order valence-corrected chi connectivity index (χ4v) is 8.28. The number of allylic oxidation sites excluding steroid dienone is 1. The number of hydrogen-bond donors (Lipinski definition) is 7. The minimum atomic E-state index is -1.64. The van der Waals surface area contributed by atoms with Crippen molar-refractivity contribution in [2.75, 3.05) is 0 Å². The lowest BCUT2D eigenvalue weighted by atomic mass is 9.45. The quantitative estimate of drug-likeness (QED) is 0.295. The number of fused-ring (bicyclic) bond motifs is 5. The topological polar surface area (TPSA) is 159 Å². The van der Waals surface area contributed by atoms with Crippen LogP contribution in [0.3, 0.4) is 0 Å². The maximum atomic E-state index is 13.3. The highest BCUT2D eigenvalue weighted by molar-refractivity contribution is 5.95. The molecule has 0 saturated heterocycles. The third-order valence-electron chi connectivity index (χ3n) is 10.8. The summed E-state index contributed by atoms with van der Waals surface area (Å²) in [5, 5.41) is 75.8. The molecule has 3 fully saturated rings. The zero-order chi connectivity index (χ0) is 26.4. The van der Waals surface area contributed by atoms with Crippen LogP contribution < -0.4 is 0 Å². The van der Waals surface area contributed by atoms with Crippen molar-refractivity contribution in [2.24, 2.45) is 28.6 Å². The summed E-state index contributed by atoms with van der Waals surface area (Å²) in [6, 6.07) is 0. The van der Waals surface area contributed by atoms with Gasteiger partial charge in [-0.25, -0.2) is 0 Å². The predicted molar refractivity (Wildman–Crippen MR) is 128 cm³/mol. The first-order chi connectivity index (χ1) is 15.9. The molecular formula is C27H44O8. The maximum absolute atomic E-state index is 13.3. The van der Waals surface area contributed by atoms with Gasteiger partial charge in [0.1, 0.15) is 0 Å². The molecule has 200 valence electrons. The van der Waals surface area contributed by atoms with Gasteiger partial charge in [0.05, 0.1) is 41.2 Å². The van der Waals surface area contributed by atoms with Crippen LogP contribution in [0.1, 0.15) is 79.6 Å². The van der Waals surface area contributed by atoms with Gasteiger partial charge in [0.25, 0.3) is 0 Å². The second kappa shape index (κ2) is 8.32. The highest BCUT2D eigenvalue weighted by Crippen LogP contribution is 2.68. The summed E-state index contributed by atoms with van der Waals surface area (Å²) in [6.45, 7) is 8.31. The van der Waals surface area contributed by atoms with Crippen LogP contribution in [0, 0.1) is 28.6 Å². The number of rotatable bonds is 5. The Balaban J connectivity index is 1.67. The predicted octanol–water partition coefficient (Wildman–Crippen LogP) is 0.825. The number of carbonyl (C=O) groups excluding carboxylic acids is 1. The van der Waals surface area contributed by atoms with E-state index in [1.807, 2.05) is 13.8 Å². The third kappa shape index (κ3) is 3.87. The SMILES string of the molecule is CC(C)(O)[C@H](O)C[C@@H](O)[C@](C)(O)[C@H]1CC[C@@]2(O)C3=CC(=O)[C@@H]4C[C@@H](O)[C@@H](O)C[C@]4(C)[C@H]3CC[C@]12C. The van der Waals surface area contributed by atoms with Crippen LogP contribution >= 0.6 is 0 Å². The number of carbonyl (C=O) groups is 1. The van der Waals surface area contributed by atoms with E-state index >= 15 is 0 Å². The van der Waals surface area contributed by atoms with Gasteiger partial charge in [-0.3, -0.25) is 4.79 Å². The van der Waals surface area contributed by atoms with Gasteiger partial charge in [-0.2, -0.15) is 0 Å². The van der Waals surface area contributed by atoms with E-state index in [2.05, 4.69) is 0 Å². The van der Waals surface area contributed by atoms with Crippen LogP contribution in [0.5, 0.6) is 0 Å². The van der Waals surface area contributed by atoms with Crippen molar-refractivity contribution in [1.29, 1.82) is 0 Å².